The monoisotopic (exact) mass is 326 g/mol. The number of thioether (sulfide) groups is 1. The van der Waals surface area contributed by atoms with Crippen molar-refractivity contribution in [2.45, 2.75) is 57.0 Å². The lowest BCUT2D eigenvalue weighted by Gasteiger charge is -2.24. The molecular weight excluding hydrogens is 300 g/mol. The molecule has 1 aliphatic heterocycles. The van der Waals surface area contributed by atoms with Crippen LogP contribution in [0.3, 0.4) is 0 Å². The number of hydrogen-bond acceptors (Lipinski definition) is 4. The van der Waals surface area contributed by atoms with Crippen LogP contribution in [0.2, 0.25) is 0 Å². The van der Waals surface area contributed by atoms with Crippen molar-refractivity contribution in [3.63, 3.8) is 0 Å². The Morgan fingerprint density at radius 3 is 2.95 bits per heavy atom. The Labute approximate surface area is 136 Å². The van der Waals surface area contributed by atoms with E-state index < -0.39 is 0 Å². The average molecular weight is 327 g/mol. The van der Waals surface area contributed by atoms with Gasteiger partial charge in [0.05, 0.1) is 6.04 Å². The maximum atomic E-state index is 12.7. The highest BCUT2D eigenvalue weighted by molar-refractivity contribution is 7.99. The second-order valence-electron chi connectivity index (χ2n) is 5.69. The Balaban J connectivity index is 2.06. The molecule has 3 nitrogen and oxygen atoms in total. The van der Waals surface area contributed by atoms with Crippen molar-refractivity contribution in [3.05, 3.63) is 22.4 Å². The lowest BCUT2D eigenvalue weighted by atomic mass is 10.1. The van der Waals surface area contributed by atoms with Gasteiger partial charge in [-0.3, -0.25) is 10.1 Å². The lowest BCUT2D eigenvalue weighted by molar-refractivity contribution is -0.130. The molecule has 3 atom stereocenters. The van der Waals surface area contributed by atoms with Crippen LogP contribution in [0.1, 0.15) is 51.3 Å². The van der Waals surface area contributed by atoms with Crippen LogP contribution >= 0.6 is 23.1 Å². The first-order valence-corrected chi connectivity index (χ1v) is 10.0. The SMILES string of the molecule is CCCCC1NC(c2ccsc2)N(CCC(C)SC)C1=O. The van der Waals surface area contributed by atoms with E-state index in [0.29, 0.717) is 5.25 Å². The Morgan fingerprint density at radius 2 is 2.33 bits per heavy atom. The van der Waals surface area contributed by atoms with Crippen LogP contribution in [-0.2, 0) is 4.79 Å². The third-order valence-electron chi connectivity index (χ3n) is 4.14. The van der Waals surface area contributed by atoms with E-state index in [9.17, 15) is 4.79 Å². The third kappa shape index (κ3) is 4.24. The minimum atomic E-state index is -0.000522. The standard InChI is InChI=1S/C16H26N2OS2/c1-4-5-6-14-16(19)18(9-7-12(2)20-3)15(17-14)13-8-10-21-11-13/h8,10-12,14-15,17H,4-7,9H2,1-3H3. The van der Waals surface area contributed by atoms with Crippen molar-refractivity contribution >= 4 is 29.0 Å². The number of nitrogens with zero attached hydrogens (tertiary/aromatic N) is 1. The van der Waals surface area contributed by atoms with Crippen molar-refractivity contribution in [3.8, 4) is 0 Å². The summed E-state index contributed by atoms with van der Waals surface area (Å²) in [5.74, 6) is 0.285. The van der Waals surface area contributed by atoms with Gasteiger partial charge in [0, 0.05) is 11.8 Å². The minimum Gasteiger partial charge on any atom is -0.321 e. The van der Waals surface area contributed by atoms with Gasteiger partial charge in [0.25, 0.3) is 0 Å². The highest BCUT2D eigenvalue weighted by Crippen LogP contribution is 2.29. The number of hydrogen-bond donors (Lipinski definition) is 1. The van der Waals surface area contributed by atoms with E-state index in [4.69, 9.17) is 0 Å². The molecule has 3 unspecified atom stereocenters. The molecule has 2 rings (SSSR count). The van der Waals surface area contributed by atoms with Crippen LogP contribution in [-0.4, -0.2) is 34.9 Å². The summed E-state index contributed by atoms with van der Waals surface area (Å²) < 4.78 is 0. The van der Waals surface area contributed by atoms with Crippen LogP contribution in [0, 0.1) is 0 Å². The average Bonchev–Trinajstić information content (AvgIpc) is 3.11. The number of amides is 1. The second kappa shape index (κ2) is 8.20. The fourth-order valence-corrected chi connectivity index (χ4v) is 3.70. The van der Waals surface area contributed by atoms with Gasteiger partial charge in [-0.25, -0.2) is 0 Å². The van der Waals surface area contributed by atoms with Gasteiger partial charge >= 0.3 is 0 Å². The Morgan fingerprint density at radius 1 is 1.52 bits per heavy atom. The smallest absolute Gasteiger partial charge is 0.241 e. The zero-order valence-corrected chi connectivity index (χ0v) is 14.8. The molecule has 1 amide bonds. The predicted octanol–water partition coefficient (Wildman–Crippen LogP) is 3.88. The summed E-state index contributed by atoms with van der Waals surface area (Å²) in [5, 5.41) is 8.38. The molecule has 0 aromatic carbocycles. The van der Waals surface area contributed by atoms with Crippen LogP contribution in [0.15, 0.2) is 16.8 Å². The van der Waals surface area contributed by atoms with Crippen LogP contribution in [0.5, 0.6) is 0 Å². The van der Waals surface area contributed by atoms with Gasteiger partial charge < -0.3 is 4.90 Å². The molecule has 1 N–H and O–H groups in total. The third-order valence-corrected chi connectivity index (χ3v) is 5.88. The van der Waals surface area contributed by atoms with Gasteiger partial charge in [-0.2, -0.15) is 23.1 Å². The van der Waals surface area contributed by atoms with Gasteiger partial charge in [-0.15, -0.1) is 0 Å². The molecule has 1 fully saturated rings. The normalized spacial score (nSPS) is 23.8. The highest BCUT2D eigenvalue weighted by atomic mass is 32.2. The van der Waals surface area contributed by atoms with Crippen LogP contribution in [0.25, 0.3) is 0 Å². The maximum absolute atomic E-state index is 12.7. The summed E-state index contributed by atoms with van der Waals surface area (Å²) in [5.41, 5.74) is 1.23. The van der Waals surface area contributed by atoms with Gasteiger partial charge in [-0.1, -0.05) is 26.7 Å². The summed E-state index contributed by atoms with van der Waals surface area (Å²) in [6.45, 7) is 5.25. The lowest BCUT2D eigenvalue weighted by Crippen LogP contribution is -2.33. The van der Waals surface area contributed by atoms with E-state index in [1.54, 1.807) is 11.3 Å². The number of nitrogens with one attached hydrogen (secondary N) is 1. The van der Waals surface area contributed by atoms with Crippen molar-refractivity contribution in [1.82, 2.24) is 10.2 Å². The summed E-state index contributed by atoms with van der Waals surface area (Å²) in [6.07, 6.45) is 6.45. The van der Waals surface area contributed by atoms with Crippen LogP contribution in [0.4, 0.5) is 0 Å². The minimum absolute atomic E-state index is 0.000522. The van der Waals surface area contributed by atoms with Crippen molar-refractivity contribution < 1.29 is 4.79 Å². The molecule has 1 aliphatic rings. The zero-order chi connectivity index (χ0) is 15.2. The fraction of sp³-hybridized carbons (Fsp3) is 0.688. The van der Waals surface area contributed by atoms with Crippen LogP contribution < -0.4 is 5.32 Å². The quantitative estimate of drug-likeness (QED) is 0.787. The first kappa shape index (κ1) is 16.8. The van der Waals surface area contributed by atoms with E-state index in [2.05, 4.69) is 47.1 Å². The molecule has 0 aliphatic carbocycles. The number of carbonyl (C=O) groups excluding carboxylic acids is 1. The number of unbranched alkanes of at least 4 members (excludes halogenated alkanes) is 1. The van der Waals surface area contributed by atoms with E-state index in [1.807, 2.05) is 11.8 Å². The molecule has 1 aromatic heterocycles. The molecule has 0 saturated carbocycles. The first-order chi connectivity index (χ1) is 10.2. The summed E-state index contributed by atoms with van der Waals surface area (Å²) >= 11 is 3.56. The van der Waals surface area contributed by atoms with E-state index in [0.717, 1.165) is 32.2 Å². The fourth-order valence-electron chi connectivity index (χ4n) is 2.68. The summed E-state index contributed by atoms with van der Waals surface area (Å²) in [4.78, 5) is 14.7. The first-order valence-electron chi connectivity index (χ1n) is 7.78. The molecule has 1 saturated heterocycles. The van der Waals surface area contributed by atoms with Gasteiger partial charge in [0.1, 0.15) is 6.17 Å². The van der Waals surface area contributed by atoms with E-state index in [-0.39, 0.29) is 18.1 Å². The van der Waals surface area contributed by atoms with Crippen molar-refractivity contribution in [2.24, 2.45) is 0 Å². The molecule has 0 bridgehead atoms. The predicted molar refractivity (Wildman–Crippen MR) is 92.8 cm³/mol. The maximum Gasteiger partial charge on any atom is 0.241 e. The number of carbonyl (C=O) groups is 1. The molecule has 0 radical (unpaired) electrons. The molecule has 5 heteroatoms. The van der Waals surface area contributed by atoms with E-state index >= 15 is 0 Å². The van der Waals surface area contributed by atoms with Gasteiger partial charge in [0.2, 0.25) is 5.91 Å². The largest absolute Gasteiger partial charge is 0.321 e. The molecule has 118 valence electrons. The number of rotatable bonds is 8. The summed E-state index contributed by atoms with van der Waals surface area (Å²) in [6, 6.07) is 2.13. The Kier molecular flexibility index (Phi) is 6.58. The van der Waals surface area contributed by atoms with Crippen molar-refractivity contribution in [2.75, 3.05) is 12.8 Å². The molecule has 2 heterocycles. The molecule has 1 aromatic rings. The van der Waals surface area contributed by atoms with Gasteiger partial charge in [-0.05, 0) is 41.5 Å². The second-order valence-corrected chi connectivity index (χ2v) is 7.74. The Hall–Kier alpha value is -0.520. The van der Waals surface area contributed by atoms with E-state index in [1.165, 1.54) is 5.56 Å². The highest BCUT2D eigenvalue weighted by Gasteiger charge is 2.38. The molecule has 0 spiro atoms. The van der Waals surface area contributed by atoms with Crippen molar-refractivity contribution in [1.29, 1.82) is 0 Å². The Bertz CT molecular complexity index is 435. The zero-order valence-electron chi connectivity index (χ0n) is 13.2. The molecule has 21 heavy (non-hydrogen) atoms. The topological polar surface area (TPSA) is 32.3 Å². The summed E-state index contributed by atoms with van der Waals surface area (Å²) in [7, 11) is 0. The number of thiophene rings is 1. The molecular formula is C16H26N2OS2. The van der Waals surface area contributed by atoms with Gasteiger partial charge in [0.15, 0.2) is 0 Å².